The van der Waals surface area contributed by atoms with Gasteiger partial charge in [-0.3, -0.25) is 0 Å². The van der Waals surface area contributed by atoms with Crippen LogP contribution in [0.3, 0.4) is 0 Å². The maximum absolute atomic E-state index is 2.27. The van der Waals surface area contributed by atoms with Crippen LogP contribution in [0.2, 0.25) is 0 Å². The van der Waals surface area contributed by atoms with E-state index >= 15 is 0 Å². The Bertz CT molecular complexity index is 613. The first-order valence-electron chi connectivity index (χ1n) is 6.37. The molecule has 0 saturated carbocycles. The van der Waals surface area contributed by atoms with Crippen molar-refractivity contribution in [3.8, 4) is 11.1 Å². The van der Waals surface area contributed by atoms with Gasteiger partial charge in [-0.15, -0.1) is 0 Å². The number of benzene rings is 2. The molecule has 2 aromatic carbocycles. The molecule has 2 aromatic rings. The summed E-state index contributed by atoms with van der Waals surface area (Å²) >= 11 is 0. The smallest absolute Gasteiger partial charge is 0.0157 e. The highest BCUT2D eigenvalue weighted by atomic mass is 14.1. The fourth-order valence-corrected chi connectivity index (χ4v) is 2.35. The highest BCUT2D eigenvalue weighted by Crippen LogP contribution is 2.25. The van der Waals surface area contributed by atoms with Gasteiger partial charge >= 0.3 is 0 Å². The van der Waals surface area contributed by atoms with Gasteiger partial charge < -0.3 is 0 Å². The Morgan fingerprint density at radius 1 is 0.833 bits per heavy atom. The first-order chi connectivity index (χ1) is 8.83. The summed E-state index contributed by atoms with van der Waals surface area (Å²) in [6.07, 6.45) is 7.72. The molecular weight excluding hydrogens is 216 g/mol. The Morgan fingerprint density at radius 2 is 1.61 bits per heavy atom. The van der Waals surface area contributed by atoms with Gasteiger partial charge in [-0.2, -0.15) is 0 Å². The van der Waals surface area contributed by atoms with Gasteiger partial charge in [-0.1, -0.05) is 72.3 Å². The number of hydrogen-bond acceptors (Lipinski definition) is 0. The second-order valence-corrected chi connectivity index (χ2v) is 4.74. The first-order valence-corrected chi connectivity index (χ1v) is 6.37. The van der Waals surface area contributed by atoms with Crippen molar-refractivity contribution in [3.63, 3.8) is 0 Å². The molecule has 3 rings (SSSR count). The van der Waals surface area contributed by atoms with Gasteiger partial charge in [0, 0.05) is 0 Å². The summed E-state index contributed by atoms with van der Waals surface area (Å²) in [7, 11) is 0. The minimum absolute atomic E-state index is 1.06. The van der Waals surface area contributed by atoms with Crippen molar-refractivity contribution >= 4 is 5.57 Å². The van der Waals surface area contributed by atoms with Crippen LogP contribution in [0.15, 0.2) is 66.8 Å². The molecule has 0 N–H and O–H groups in total. The molecule has 0 saturated heterocycles. The summed E-state index contributed by atoms with van der Waals surface area (Å²) in [6.45, 7) is 2.13. The summed E-state index contributed by atoms with van der Waals surface area (Å²) in [5.41, 5.74) is 6.52. The molecule has 0 aromatic heterocycles. The second kappa shape index (κ2) is 4.66. The molecule has 0 nitrogen and oxygen atoms in total. The quantitative estimate of drug-likeness (QED) is 0.683. The van der Waals surface area contributed by atoms with Crippen LogP contribution in [0.25, 0.3) is 16.7 Å². The predicted molar refractivity (Wildman–Crippen MR) is 78.3 cm³/mol. The topological polar surface area (TPSA) is 0 Å². The van der Waals surface area contributed by atoms with Crippen molar-refractivity contribution in [2.75, 3.05) is 0 Å². The van der Waals surface area contributed by atoms with E-state index in [1.807, 2.05) is 0 Å². The Kier molecular flexibility index (Phi) is 2.85. The average Bonchev–Trinajstić information content (AvgIpc) is 2.93. The van der Waals surface area contributed by atoms with Crippen LogP contribution in [-0.4, -0.2) is 0 Å². The van der Waals surface area contributed by atoms with E-state index in [1.165, 1.54) is 27.8 Å². The normalized spacial score (nSPS) is 13.7. The largest absolute Gasteiger partial charge is 0.0801 e. The van der Waals surface area contributed by atoms with Crippen molar-refractivity contribution < 1.29 is 0 Å². The molecule has 0 amide bonds. The van der Waals surface area contributed by atoms with E-state index in [0.29, 0.717) is 0 Å². The third-order valence-electron chi connectivity index (χ3n) is 3.34. The van der Waals surface area contributed by atoms with Crippen LogP contribution < -0.4 is 0 Å². The van der Waals surface area contributed by atoms with Gasteiger partial charge in [0.05, 0.1) is 0 Å². The van der Waals surface area contributed by atoms with E-state index in [2.05, 4.69) is 73.7 Å². The van der Waals surface area contributed by atoms with Crippen LogP contribution in [0.1, 0.15) is 17.5 Å². The minimum atomic E-state index is 1.06. The van der Waals surface area contributed by atoms with Crippen molar-refractivity contribution in [2.45, 2.75) is 13.3 Å². The standard InChI is InChI=1S/C18H16/c1-14-5-4-8-18(13-14)17-11-9-16(10-12-17)15-6-2-3-7-15/h2,4-13H,3H2,1H3. The zero-order chi connectivity index (χ0) is 12.4. The summed E-state index contributed by atoms with van der Waals surface area (Å²) in [5, 5.41) is 0. The second-order valence-electron chi connectivity index (χ2n) is 4.74. The van der Waals surface area contributed by atoms with Gasteiger partial charge in [0.2, 0.25) is 0 Å². The van der Waals surface area contributed by atoms with Crippen molar-refractivity contribution in [3.05, 3.63) is 77.9 Å². The van der Waals surface area contributed by atoms with Gasteiger partial charge in [0.25, 0.3) is 0 Å². The summed E-state index contributed by atoms with van der Waals surface area (Å²) in [6, 6.07) is 17.5. The number of hydrogen-bond donors (Lipinski definition) is 0. The maximum Gasteiger partial charge on any atom is -0.0157 e. The van der Waals surface area contributed by atoms with Crippen molar-refractivity contribution in [1.82, 2.24) is 0 Å². The lowest BCUT2D eigenvalue weighted by Crippen LogP contribution is -1.82. The van der Waals surface area contributed by atoms with Crippen molar-refractivity contribution in [1.29, 1.82) is 0 Å². The van der Waals surface area contributed by atoms with Crippen molar-refractivity contribution in [2.24, 2.45) is 0 Å². The van der Waals surface area contributed by atoms with Crippen LogP contribution in [-0.2, 0) is 0 Å². The van der Waals surface area contributed by atoms with E-state index in [4.69, 9.17) is 0 Å². The van der Waals surface area contributed by atoms with E-state index < -0.39 is 0 Å². The maximum atomic E-state index is 2.27. The molecule has 1 aliphatic rings. The molecule has 0 heteroatoms. The molecule has 18 heavy (non-hydrogen) atoms. The fourth-order valence-electron chi connectivity index (χ4n) is 2.35. The molecule has 0 bridgehead atoms. The SMILES string of the molecule is Cc1cccc(-c2ccc(C3=CCC=C3)cc2)c1. The molecule has 0 spiro atoms. The van der Waals surface area contributed by atoms with E-state index in [9.17, 15) is 0 Å². The molecule has 0 aliphatic heterocycles. The zero-order valence-electron chi connectivity index (χ0n) is 10.6. The summed E-state index contributed by atoms with van der Waals surface area (Å²) < 4.78 is 0. The van der Waals surface area contributed by atoms with E-state index in [1.54, 1.807) is 0 Å². The van der Waals surface area contributed by atoms with Gasteiger partial charge in [-0.25, -0.2) is 0 Å². The van der Waals surface area contributed by atoms with Crippen LogP contribution >= 0.6 is 0 Å². The van der Waals surface area contributed by atoms with Gasteiger partial charge in [-0.05, 0) is 35.6 Å². The Balaban J connectivity index is 1.93. The van der Waals surface area contributed by atoms with Gasteiger partial charge in [0.1, 0.15) is 0 Å². The molecule has 0 unspecified atom stereocenters. The predicted octanol–water partition coefficient (Wildman–Crippen LogP) is 5.01. The molecule has 0 radical (unpaired) electrons. The Hall–Kier alpha value is -2.08. The van der Waals surface area contributed by atoms with E-state index in [0.717, 1.165) is 6.42 Å². The fraction of sp³-hybridized carbons (Fsp3) is 0.111. The lowest BCUT2D eigenvalue weighted by atomic mass is 10.00. The molecule has 0 fully saturated rings. The number of aryl methyl sites for hydroxylation is 1. The Morgan fingerprint density at radius 3 is 2.28 bits per heavy atom. The lowest BCUT2D eigenvalue weighted by Gasteiger charge is -2.05. The van der Waals surface area contributed by atoms with Crippen LogP contribution in [0.5, 0.6) is 0 Å². The molecular formula is C18H16. The molecule has 0 atom stereocenters. The average molecular weight is 232 g/mol. The number of allylic oxidation sites excluding steroid dienone is 4. The Labute approximate surface area is 108 Å². The molecule has 1 aliphatic carbocycles. The first kappa shape index (κ1) is 11.0. The number of rotatable bonds is 2. The minimum Gasteiger partial charge on any atom is -0.0801 e. The lowest BCUT2D eigenvalue weighted by molar-refractivity contribution is 1.45. The van der Waals surface area contributed by atoms with Crippen LogP contribution in [0.4, 0.5) is 0 Å². The molecule has 0 heterocycles. The third-order valence-corrected chi connectivity index (χ3v) is 3.34. The zero-order valence-corrected chi connectivity index (χ0v) is 10.6. The highest BCUT2D eigenvalue weighted by molar-refractivity contribution is 5.78. The summed E-state index contributed by atoms with van der Waals surface area (Å²) in [4.78, 5) is 0. The van der Waals surface area contributed by atoms with E-state index in [-0.39, 0.29) is 0 Å². The molecule has 88 valence electrons. The summed E-state index contributed by atoms with van der Waals surface area (Å²) in [5.74, 6) is 0. The van der Waals surface area contributed by atoms with Gasteiger partial charge in [0.15, 0.2) is 0 Å². The van der Waals surface area contributed by atoms with Crippen LogP contribution in [0, 0.1) is 6.92 Å². The highest BCUT2D eigenvalue weighted by Gasteiger charge is 2.02. The monoisotopic (exact) mass is 232 g/mol. The third kappa shape index (κ3) is 2.14.